The third-order valence-electron chi connectivity index (χ3n) is 4.45. The average molecular weight is 340 g/mol. The van der Waals surface area contributed by atoms with Crippen molar-refractivity contribution in [2.75, 3.05) is 18.8 Å². The molecule has 0 saturated heterocycles. The van der Waals surface area contributed by atoms with Gasteiger partial charge in [-0.15, -0.1) is 0 Å². The normalized spacial score (nSPS) is 13.2. The zero-order chi connectivity index (χ0) is 18.1. The number of benzene rings is 1. The average Bonchev–Trinajstić information content (AvgIpc) is 2.88. The number of anilines is 1. The van der Waals surface area contributed by atoms with Crippen LogP contribution in [0, 0.1) is 0 Å². The van der Waals surface area contributed by atoms with E-state index >= 15 is 0 Å². The number of nitrogen functional groups attached to an aromatic ring is 1. The Morgan fingerprint density at radius 1 is 1.04 bits per heavy atom. The van der Waals surface area contributed by atoms with Crippen molar-refractivity contribution >= 4 is 17.6 Å². The maximum absolute atomic E-state index is 12.4. The van der Waals surface area contributed by atoms with Crippen molar-refractivity contribution in [3.63, 3.8) is 0 Å². The zero-order valence-electron chi connectivity index (χ0n) is 14.2. The number of hydrogen-bond acceptors (Lipinski definition) is 5. The van der Waals surface area contributed by atoms with Gasteiger partial charge in [-0.25, -0.2) is 0 Å². The minimum Gasteiger partial charge on any atom is -0.384 e. The lowest BCUT2D eigenvalue weighted by molar-refractivity contribution is 0.0880. The van der Waals surface area contributed by atoms with Gasteiger partial charge in [-0.3, -0.25) is 29.2 Å². The number of aromatic nitrogens is 1. The summed E-state index contributed by atoms with van der Waals surface area (Å²) in [4.78, 5) is 38.3. The first-order chi connectivity index (χ1) is 12.0. The maximum Gasteiger partial charge on any atom is 0.262 e. The molecule has 0 saturated carbocycles. The van der Waals surface area contributed by atoms with E-state index in [9.17, 15) is 14.4 Å². The molecule has 1 aliphatic heterocycles. The Balaban J connectivity index is 2.01. The Morgan fingerprint density at radius 3 is 2.28 bits per heavy atom. The van der Waals surface area contributed by atoms with Crippen molar-refractivity contribution in [2.45, 2.75) is 20.4 Å². The van der Waals surface area contributed by atoms with E-state index in [1.165, 1.54) is 4.57 Å². The van der Waals surface area contributed by atoms with Crippen LogP contribution in [0.2, 0.25) is 0 Å². The number of nitrogens with zero attached hydrogens (tertiary/aromatic N) is 2. The van der Waals surface area contributed by atoms with Crippen LogP contribution in [0.5, 0.6) is 0 Å². The van der Waals surface area contributed by atoms with Crippen molar-refractivity contribution in [1.82, 2.24) is 14.8 Å². The molecule has 2 aromatic rings. The molecular weight excluding hydrogens is 320 g/mol. The largest absolute Gasteiger partial charge is 0.384 e. The van der Waals surface area contributed by atoms with Crippen LogP contribution in [0.25, 0.3) is 5.69 Å². The van der Waals surface area contributed by atoms with Crippen molar-refractivity contribution in [1.29, 1.82) is 0 Å². The third kappa shape index (κ3) is 2.94. The molecule has 7 heteroatoms. The number of carbonyl (C=O) groups is 2. The summed E-state index contributed by atoms with van der Waals surface area (Å²) < 4.78 is 1.25. The summed E-state index contributed by atoms with van der Waals surface area (Å²) in [6.45, 7) is 6.94. The fraction of sp³-hybridized carbons (Fsp3) is 0.278. The predicted molar refractivity (Wildman–Crippen MR) is 94.9 cm³/mol. The van der Waals surface area contributed by atoms with Crippen LogP contribution in [0.15, 0.2) is 35.1 Å². The topological polar surface area (TPSA) is 97.4 Å². The van der Waals surface area contributed by atoms with Crippen molar-refractivity contribution in [3.05, 3.63) is 57.4 Å². The molecule has 3 N–H and O–H groups in total. The first-order valence-corrected chi connectivity index (χ1v) is 8.19. The molecule has 0 fully saturated rings. The van der Waals surface area contributed by atoms with Gasteiger partial charge in [0.1, 0.15) is 5.82 Å². The van der Waals surface area contributed by atoms with E-state index in [2.05, 4.69) is 24.1 Å². The Bertz CT molecular complexity index is 896. The highest BCUT2D eigenvalue weighted by Crippen LogP contribution is 2.23. The highest BCUT2D eigenvalue weighted by atomic mass is 16.2. The van der Waals surface area contributed by atoms with Crippen LogP contribution < -0.4 is 16.6 Å². The van der Waals surface area contributed by atoms with Gasteiger partial charge in [-0.05, 0) is 30.8 Å². The smallest absolute Gasteiger partial charge is 0.262 e. The Kier molecular flexibility index (Phi) is 4.41. The molecule has 1 aliphatic rings. The van der Waals surface area contributed by atoms with Gasteiger partial charge in [0.15, 0.2) is 0 Å². The van der Waals surface area contributed by atoms with E-state index in [4.69, 9.17) is 5.73 Å². The Morgan fingerprint density at radius 2 is 1.68 bits per heavy atom. The molecule has 0 atom stereocenters. The lowest BCUT2D eigenvalue weighted by Gasteiger charge is -2.18. The number of fused-ring (bicyclic) bond motifs is 1. The summed E-state index contributed by atoms with van der Waals surface area (Å²) in [6.07, 6.45) is 0. The molecule has 2 amide bonds. The first-order valence-electron chi connectivity index (χ1n) is 8.19. The molecule has 2 heterocycles. The van der Waals surface area contributed by atoms with E-state index in [0.717, 1.165) is 31.3 Å². The Labute approximate surface area is 145 Å². The van der Waals surface area contributed by atoms with Gasteiger partial charge in [0.2, 0.25) is 0 Å². The molecular formula is C18H20N4O3. The molecule has 0 radical (unpaired) electrons. The second kappa shape index (κ2) is 6.52. The third-order valence-corrected chi connectivity index (χ3v) is 4.45. The van der Waals surface area contributed by atoms with Gasteiger partial charge in [-0.2, -0.15) is 0 Å². The van der Waals surface area contributed by atoms with Crippen molar-refractivity contribution < 1.29 is 9.59 Å². The number of hydrogen-bond donors (Lipinski definition) is 2. The zero-order valence-corrected chi connectivity index (χ0v) is 14.2. The summed E-state index contributed by atoms with van der Waals surface area (Å²) in [5.41, 5.74) is 7.33. The van der Waals surface area contributed by atoms with Gasteiger partial charge < -0.3 is 5.73 Å². The summed E-state index contributed by atoms with van der Waals surface area (Å²) >= 11 is 0. The number of nitrogens with one attached hydrogen (secondary N) is 1. The number of nitrogens with two attached hydrogens (primary N) is 1. The van der Waals surface area contributed by atoms with Crippen LogP contribution in [0.1, 0.15) is 40.1 Å². The number of pyridine rings is 1. The summed E-state index contributed by atoms with van der Waals surface area (Å²) in [6, 6.07) is 8.58. The van der Waals surface area contributed by atoms with E-state index < -0.39 is 17.4 Å². The molecule has 1 aromatic carbocycles. The summed E-state index contributed by atoms with van der Waals surface area (Å²) in [7, 11) is 0. The van der Waals surface area contributed by atoms with E-state index in [1.54, 1.807) is 12.1 Å². The van der Waals surface area contributed by atoms with Crippen molar-refractivity contribution in [3.8, 4) is 5.69 Å². The molecule has 0 unspecified atom stereocenters. The van der Waals surface area contributed by atoms with E-state index in [1.807, 2.05) is 12.1 Å². The first kappa shape index (κ1) is 16.9. The van der Waals surface area contributed by atoms with Gasteiger partial charge in [0.25, 0.3) is 17.4 Å². The molecule has 0 spiro atoms. The molecule has 7 nitrogen and oxygen atoms in total. The van der Waals surface area contributed by atoms with Crippen LogP contribution in [-0.2, 0) is 6.54 Å². The summed E-state index contributed by atoms with van der Waals surface area (Å²) in [5, 5.41) is 2.16. The van der Waals surface area contributed by atoms with Crippen LogP contribution in [0.4, 0.5) is 5.82 Å². The van der Waals surface area contributed by atoms with E-state index in [0.29, 0.717) is 5.69 Å². The lowest BCUT2D eigenvalue weighted by atomic mass is 10.1. The lowest BCUT2D eigenvalue weighted by Crippen LogP contribution is -2.24. The Hall–Kier alpha value is -2.93. The van der Waals surface area contributed by atoms with E-state index in [-0.39, 0.29) is 16.9 Å². The quantitative estimate of drug-likeness (QED) is 0.796. The number of rotatable bonds is 5. The molecule has 0 bridgehead atoms. The van der Waals surface area contributed by atoms with Gasteiger partial charge in [-0.1, -0.05) is 26.0 Å². The van der Waals surface area contributed by atoms with Gasteiger partial charge in [0, 0.05) is 12.6 Å². The molecule has 25 heavy (non-hydrogen) atoms. The monoisotopic (exact) mass is 340 g/mol. The minimum absolute atomic E-state index is 0.0256. The highest BCUT2D eigenvalue weighted by Gasteiger charge is 2.31. The molecule has 130 valence electrons. The van der Waals surface area contributed by atoms with Crippen LogP contribution in [0.3, 0.4) is 0 Å². The van der Waals surface area contributed by atoms with Crippen molar-refractivity contribution in [2.24, 2.45) is 0 Å². The van der Waals surface area contributed by atoms with Crippen LogP contribution >= 0.6 is 0 Å². The summed E-state index contributed by atoms with van der Waals surface area (Å²) in [5.74, 6) is -1.20. The van der Waals surface area contributed by atoms with Gasteiger partial charge in [0.05, 0.1) is 16.8 Å². The second-order valence-electron chi connectivity index (χ2n) is 5.90. The van der Waals surface area contributed by atoms with Crippen LogP contribution in [-0.4, -0.2) is 34.4 Å². The minimum atomic E-state index is -0.592. The predicted octanol–water partition coefficient (Wildman–Crippen LogP) is 1.15. The fourth-order valence-electron chi connectivity index (χ4n) is 3.00. The fourth-order valence-corrected chi connectivity index (χ4v) is 3.00. The number of amides is 2. The maximum atomic E-state index is 12.4. The standard InChI is InChI=1S/C18H20N4O3/c1-3-21(4-2)10-11-5-7-12(8-6-11)22-14(23)9-13-15(16(22)19)18(25)20-17(13)24/h5-9H,3-4,10,19H2,1-2H3,(H,20,24,25). The SMILES string of the molecule is CCN(CC)Cc1ccc(-n2c(N)c3c(cc2=O)C(=O)NC3=O)cc1. The second-order valence-corrected chi connectivity index (χ2v) is 5.90. The van der Waals surface area contributed by atoms with Gasteiger partial charge >= 0.3 is 0 Å². The molecule has 3 rings (SSSR count). The molecule has 1 aromatic heterocycles. The number of imide groups is 1. The highest BCUT2D eigenvalue weighted by molar-refractivity contribution is 6.23. The number of carbonyl (C=O) groups excluding carboxylic acids is 2. The molecule has 0 aliphatic carbocycles.